The normalized spacial score (nSPS) is 15.3. The fourth-order valence-electron chi connectivity index (χ4n) is 2.18. The van der Waals surface area contributed by atoms with Crippen molar-refractivity contribution >= 4 is 5.97 Å². The molecular weight excluding hydrogens is 252 g/mol. The van der Waals surface area contributed by atoms with Crippen LogP contribution in [-0.2, 0) is 10.4 Å². The van der Waals surface area contributed by atoms with Crippen molar-refractivity contribution in [2.75, 3.05) is 0 Å². The largest absolute Gasteiger partial charge is 0.481 e. The summed E-state index contributed by atoms with van der Waals surface area (Å²) in [6.07, 6.45) is 0. The minimum atomic E-state index is -1.14. The Labute approximate surface area is 118 Å². The van der Waals surface area contributed by atoms with Crippen LogP contribution in [0.4, 0.5) is 0 Å². The third-order valence-electron chi connectivity index (χ3n) is 3.66. The first-order valence-electron chi connectivity index (χ1n) is 6.54. The Bertz CT molecular complexity index is 603. The molecule has 3 nitrogen and oxygen atoms in total. The van der Waals surface area contributed by atoms with E-state index in [2.05, 4.69) is 0 Å². The van der Waals surface area contributed by atoms with Crippen LogP contribution in [0.15, 0.2) is 54.6 Å². The summed E-state index contributed by atoms with van der Waals surface area (Å²) in [6.45, 7) is 3.35. The zero-order valence-electron chi connectivity index (χ0n) is 11.6. The van der Waals surface area contributed by atoms with Crippen molar-refractivity contribution in [2.45, 2.75) is 25.4 Å². The van der Waals surface area contributed by atoms with Gasteiger partial charge in [-0.3, -0.25) is 4.79 Å². The Morgan fingerprint density at radius 3 is 2.25 bits per heavy atom. The fraction of sp³-hybridized carbons (Fsp3) is 0.235. The summed E-state index contributed by atoms with van der Waals surface area (Å²) < 4.78 is 0. The molecule has 2 atom stereocenters. The van der Waals surface area contributed by atoms with E-state index in [-0.39, 0.29) is 0 Å². The second kappa shape index (κ2) is 5.47. The van der Waals surface area contributed by atoms with Gasteiger partial charge >= 0.3 is 5.97 Å². The Morgan fingerprint density at radius 2 is 1.65 bits per heavy atom. The number of carboxylic acids is 1. The molecule has 0 aromatic heterocycles. The summed E-state index contributed by atoms with van der Waals surface area (Å²) in [6, 6.07) is 16.5. The fourth-order valence-corrected chi connectivity index (χ4v) is 2.18. The molecule has 0 bridgehead atoms. The van der Waals surface area contributed by atoms with Gasteiger partial charge in [-0.05, 0) is 30.5 Å². The van der Waals surface area contributed by atoms with Gasteiger partial charge in [-0.2, -0.15) is 0 Å². The van der Waals surface area contributed by atoms with Crippen molar-refractivity contribution in [3.05, 3.63) is 71.3 Å². The number of hydrogen-bond acceptors (Lipinski definition) is 2. The van der Waals surface area contributed by atoms with E-state index < -0.39 is 17.5 Å². The van der Waals surface area contributed by atoms with Crippen LogP contribution in [0, 0.1) is 0 Å². The first kappa shape index (κ1) is 14.3. The number of aliphatic carboxylic acids is 1. The predicted molar refractivity (Wildman–Crippen MR) is 77.6 cm³/mol. The van der Waals surface area contributed by atoms with Crippen LogP contribution in [0.5, 0.6) is 0 Å². The van der Waals surface area contributed by atoms with Gasteiger partial charge in [0.25, 0.3) is 0 Å². The molecule has 0 saturated heterocycles. The number of hydrogen-bond donors (Lipinski definition) is 2. The van der Waals surface area contributed by atoms with Gasteiger partial charge in [-0.15, -0.1) is 0 Å². The van der Waals surface area contributed by atoms with Crippen LogP contribution >= 0.6 is 0 Å². The highest BCUT2D eigenvalue weighted by Crippen LogP contribution is 2.30. The molecule has 0 amide bonds. The molecule has 0 aliphatic carbocycles. The Kier molecular flexibility index (Phi) is 3.91. The third-order valence-corrected chi connectivity index (χ3v) is 3.66. The lowest BCUT2D eigenvalue weighted by atomic mass is 9.86. The molecule has 0 spiro atoms. The van der Waals surface area contributed by atoms with E-state index >= 15 is 0 Å². The summed E-state index contributed by atoms with van der Waals surface area (Å²) in [5, 5.41) is 19.8. The maximum absolute atomic E-state index is 11.1. The summed E-state index contributed by atoms with van der Waals surface area (Å²) in [5.74, 6) is -1.47. The highest BCUT2D eigenvalue weighted by atomic mass is 16.4. The average molecular weight is 270 g/mol. The number of benzene rings is 2. The van der Waals surface area contributed by atoms with Gasteiger partial charge in [0.05, 0.1) is 5.92 Å². The highest BCUT2D eigenvalue weighted by Gasteiger charge is 2.26. The first-order chi connectivity index (χ1) is 9.43. The van der Waals surface area contributed by atoms with Gasteiger partial charge in [-0.25, -0.2) is 0 Å². The van der Waals surface area contributed by atoms with Crippen molar-refractivity contribution in [2.24, 2.45) is 0 Å². The van der Waals surface area contributed by atoms with Crippen molar-refractivity contribution in [3.8, 4) is 0 Å². The molecule has 0 saturated carbocycles. The minimum Gasteiger partial charge on any atom is -0.481 e. The van der Waals surface area contributed by atoms with Crippen LogP contribution in [0.2, 0.25) is 0 Å². The van der Waals surface area contributed by atoms with Gasteiger partial charge in [0.2, 0.25) is 0 Å². The first-order valence-corrected chi connectivity index (χ1v) is 6.54. The van der Waals surface area contributed by atoms with Crippen LogP contribution in [0.3, 0.4) is 0 Å². The van der Waals surface area contributed by atoms with E-state index in [0.29, 0.717) is 11.1 Å². The van der Waals surface area contributed by atoms with Crippen molar-refractivity contribution in [1.82, 2.24) is 0 Å². The summed E-state index contributed by atoms with van der Waals surface area (Å²) in [4.78, 5) is 11.1. The molecule has 2 aromatic carbocycles. The number of aliphatic hydroxyl groups is 1. The Hall–Kier alpha value is -2.13. The quantitative estimate of drug-likeness (QED) is 0.897. The summed E-state index contributed by atoms with van der Waals surface area (Å²) >= 11 is 0. The maximum atomic E-state index is 11.1. The van der Waals surface area contributed by atoms with E-state index in [1.165, 1.54) is 0 Å². The molecule has 2 aromatic rings. The lowest BCUT2D eigenvalue weighted by Gasteiger charge is -2.25. The van der Waals surface area contributed by atoms with Gasteiger partial charge < -0.3 is 10.2 Å². The molecule has 3 heteroatoms. The molecule has 2 rings (SSSR count). The molecular formula is C17H18O3. The van der Waals surface area contributed by atoms with Gasteiger partial charge in [-0.1, -0.05) is 54.6 Å². The molecule has 0 unspecified atom stereocenters. The molecule has 0 aliphatic rings. The van der Waals surface area contributed by atoms with E-state index in [1.807, 2.05) is 36.4 Å². The number of carboxylic acid groups (broad SMARTS) is 1. The average Bonchev–Trinajstić information content (AvgIpc) is 2.47. The van der Waals surface area contributed by atoms with Crippen LogP contribution in [0.1, 0.15) is 36.5 Å². The number of rotatable bonds is 4. The van der Waals surface area contributed by atoms with E-state index in [1.54, 1.807) is 32.0 Å². The van der Waals surface area contributed by atoms with Gasteiger partial charge in [0.15, 0.2) is 0 Å². The molecule has 0 aliphatic heterocycles. The second-order valence-electron chi connectivity index (χ2n) is 5.12. The van der Waals surface area contributed by atoms with E-state index in [9.17, 15) is 9.90 Å². The maximum Gasteiger partial charge on any atom is 0.310 e. The third kappa shape index (κ3) is 2.73. The minimum absolute atomic E-state index is 0.596. The zero-order chi connectivity index (χ0) is 14.8. The standard InChI is InChI=1S/C17H18O3/c1-12(16(18)19)13-7-6-10-15(11-13)17(2,20)14-8-4-3-5-9-14/h3-12,20H,1-2H3,(H,18,19)/t12-,17-/m1/s1. The summed E-state index contributed by atoms with van der Waals surface area (Å²) in [7, 11) is 0. The van der Waals surface area contributed by atoms with Crippen LogP contribution < -0.4 is 0 Å². The smallest absolute Gasteiger partial charge is 0.310 e. The molecule has 0 heterocycles. The summed E-state index contributed by atoms with van der Waals surface area (Å²) in [5.41, 5.74) is 1.01. The Morgan fingerprint density at radius 1 is 1.05 bits per heavy atom. The monoisotopic (exact) mass is 270 g/mol. The second-order valence-corrected chi connectivity index (χ2v) is 5.12. The lowest BCUT2D eigenvalue weighted by molar-refractivity contribution is -0.138. The molecule has 104 valence electrons. The van der Waals surface area contributed by atoms with E-state index in [4.69, 9.17) is 5.11 Å². The van der Waals surface area contributed by atoms with Crippen molar-refractivity contribution < 1.29 is 15.0 Å². The SMILES string of the molecule is C[C@@H](C(=O)O)c1cccc([C@](C)(O)c2ccccc2)c1. The molecule has 20 heavy (non-hydrogen) atoms. The van der Waals surface area contributed by atoms with Crippen molar-refractivity contribution in [1.29, 1.82) is 0 Å². The van der Waals surface area contributed by atoms with Crippen LogP contribution in [0.25, 0.3) is 0 Å². The van der Waals surface area contributed by atoms with Gasteiger partial charge in [0.1, 0.15) is 5.60 Å². The molecule has 0 fully saturated rings. The highest BCUT2D eigenvalue weighted by molar-refractivity contribution is 5.75. The Balaban J connectivity index is 2.43. The van der Waals surface area contributed by atoms with Crippen molar-refractivity contribution in [3.63, 3.8) is 0 Å². The zero-order valence-corrected chi connectivity index (χ0v) is 11.6. The predicted octanol–water partition coefficient (Wildman–Crippen LogP) is 3.13. The topological polar surface area (TPSA) is 57.5 Å². The lowest BCUT2D eigenvalue weighted by Crippen LogP contribution is -2.23. The molecule has 0 radical (unpaired) electrons. The van der Waals surface area contributed by atoms with Gasteiger partial charge in [0, 0.05) is 0 Å². The van der Waals surface area contributed by atoms with Crippen LogP contribution in [-0.4, -0.2) is 16.2 Å². The number of carbonyl (C=O) groups is 1. The molecule has 2 N–H and O–H groups in total. The van der Waals surface area contributed by atoms with E-state index in [0.717, 1.165) is 5.56 Å².